The second kappa shape index (κ2) is 19.4. The molecule has 2 fully saturated rings. The number of ether oxygens (including phenoxy) is 2. The average Bonchev–Trinajstić information content (AvgIpc) is 3.65. The van der Waals surface area contributed by atoms with Crippen molar-refractivity contribution in [2.24, 2.45) is 11.8 Å². The molecule has 1 aromatic heterocycles. The first-order valence-electron chi connectivity index (χ1n) is 21.2. The van der Waals surface area contributed by atoms with Crippen LogP contribution in [0.5, 0.6) is 11.5 Å². The van der Waals surface area contributed by atoms with Crippen molar-refractivity contribution in [2.75, 3.05) is 11.5 Å². The van der Waals surface area contributed by atoms with E-state index in [0.717, 1.165) is 45.0 Å². The molecule has 2 N–H and O–H groups in total. The highest BCUT2D eigenvalue weighted by Gasteiger charge is 2.52. The highest BCUT2D eigenvalue weighted by atomic mass is 16.5. The normalized spacial score (nSPS) is 18.0. The van der Waals surface area contributed by atoms with Crippen LogP contribution in [0.2, 0.25) is 0 Å². The number of Topliss-reactive ketones (excluding diaryl/α,β-unsaturated/α-hetero) is 1. The van der Waals surface area contributed by atoms with Gasteiger partial charge in [0, 0.05) is 17.7 Å². The summed E-state index contributed by atoms with van der Waals surface area (Å²) >= 11 is 0. The third-order valence-electron chi connectivity index (χ3n) is 11.5. The van der Waals surface area contributed by atoms with Gasteiger partial charge in [-0.3, -0.25) is 19.3 Å². The van der Waals surface area contributed by atoms with Crippen molar-refractivity contribution >= 4 is 29.3 Å². The Kier molecular flexibility index (Phi) is 13.5. The van der Waals surface area contributed by atoms with E-state index in [9.17, 15) is 24.3 Å². The first-order chi connectivity index (χ1) is 30.2. The number of amides is 2. The van der Waals surface area contributed by atoms with Crippen LogP contribution >= 0.6 is 0 Å². The lowest BCUT2D eigenvalue weighted by atomic mass is 9.81. The summed E-state index contributed by atoms with van der Waals surface area (Å²) in [6.07, 6.45) is 1.54. The maximum atomic E-state index is 13.1. The number of carbonyl (C=O) groups excluding carboxylic acids is 3. The van der Waals surface area contributed by atoms with Gasteiger partial charge in [-0.1, -0.05) is 106 Å². The molecule has 2 amide bonds. The lowest BCUT2D eigenvalue weighted by Gasteiger charge is -2.44. The second-order valence-corrected chi connectivity index (χ2v) is 17.1. The van der Waals surface area contributed by atoms with Crippen LogP contribution < -0.4 is 19.7 Å². The molecule has 324 valence electrons. The third-order valence-corrected chi connectivity index (χ3v) is 11.5. The summed E-state index contributed by atoms with van der Waals surface area (Å²) in [5.41, 5.74) is 6.55. The molecular formula is C52H53N3O8. The highest BCUT2D eigenvalue weighted by molar-refractivity contribution is 6.10. The number of aliphatic carboxylic acids is 1. The average molecular weight is 848 g/mol. The number of carboxylic acids is 1. The van der Waals surface area contributed by atoms with Crippen molar-refractivity contribution in [1.29, 1.82) is 0 Å². The molecule has 0 bridgehead atoms. The number of rotatable bonds is 15. The van der Waals surface area contributed by atoms with Crippen LogP contribution in [0.15, 0.2) is 138 Å². The number of ketones is 1. The van der Waals surface area contributed by atoms with Crippen LogP contribution in [0.25, 0.3) is 11.5 Å². The zero-order valence-electron chi connectivity index (χ0n) is 36.2. The molecule has 0 aliphatic carbocycles. The van der Waals surface area contributed by atoms with Gasteiger partial charge in [-0.2, -0.15) is 0 Å². The molecule has 8 rings (SSSR count). The summed E-state index contributed by atoms with van der Waals surface area (Å²) in [5.74, 6) is 0.800. The van der Waals surface area contributed by atoms with Crippen molar-refractivity contribution in [3.63, 3.8) is 0 Å². The smallest absolute Gasteiger partial charge is 0.327 e. The zero-order valence-corrected chi connectivity index (χ0v) is 36.2. The van der Waals surface area contributed by atoms with E-state index in [-0.39, 0.29) is 35.0 Å². The molecule has 0 unspecified atom stereocenters. The van der Waals surface area contributed by atoms with Gasteiger partial charge in [-0.15, -0.1) is 0 Å². The lowest BCUT2D eigenvalue weighted by molar-refractivity contribution is -0.149. The molecule has 0 spiro atoms. The van der Waals surface area contributed by atoms with Gasteiger partial charge >= 0.3 is 5.97 Å². The number of β-lactam (4-membered cyclic amide) rings is 2. The van der Waals surface area contributed by atoms with E-state index in [1.165, 1.54) is 11.8 Å². The van der Waals surface area contributed by atoms with E-state index >= 15 is 0 Å². The van der Waals surface area contributed by atoms with Gasteiger partial charge in [-0.25, -0.2) is 9.78 Å². The number of carboxylic acid groups (broad SMARTS) is 1. The second-order valence-electron chi connectivity index (χ2n) is 17.1. The molecule has 5 aromatic carbocycles. The summed E-state index contributed by atoms with van der Waals surface area (Å²) in [6.45, 7) is 10.7. The van der Waals surface area contributed by atoms with Gasteiger partial charge in [0.1, 0.15) is 29.9 Å². The maximum absolute atomic E-state index is 13.1. The molecule has 0 saturated carbocycles. The minimum absolute atomic E-state index is 0.0115. The van der Waals surface area contributed by atoms with E-state index in [1.54, 1.807) is 0 Å². The van der Waals surface area contributed by atoms with Gasteiger partial charge in [0.05, 0.1) is 30.2 Å². The predicted octanol–water partition coefficient (Wildman–Crippen LogP) is 8.74. The van der Waals surface area contributed by atoms with E-state index in [2.05, 4.69) is 31.1 Å². The maximum Gasteiger partial charge on any atom is 0.327 e. The van der Waals surface area contributed by atoms with E-state index in [1.807, 2.05) is 140 Å². The number of hydrogen-bond acceptors (Lipinski definition) is 8. The number of carbonyl (C=O) groups is 4. The molecule has 3 heterocycles. The molecule has 2 aliphatic rings. The summed E-state index contributed by atoms with van der Waals surface area (Å²) in [7, 11) is 0. The summed E-state index contributed by atoms with van der Waals surface area (Å²) in [4.78, 5) is 54.2. The van der Waals surface area contributed by atoms with Crippen molar-refractivity contribution in [1.82, 2.24) is 10.3 Å². The van der Waals surface area contributed by atoms with Crippen molar-refractivity contribution in [3.8, 4) is 23.0 Å². The Bertz CT molecular complexity index is 2510. The number of nitrogens with zero attached hydrogens (tertiary/aromatic N) is 2. The number of oxazole rings is 1. The fourth-order valence-electron chi connectivity index (χ4n) is 7.77. The summed E-state index contributed by atoms with van der Waals surface area (Å²) in [5, 5.41) is 12.6. The molecule has 11 nitrogen and oxygen atoms in total. The minimum atomic E-state index is -0.997. The number of aryl methyl sites for hydroxylation is 1. The third kappa shape index (κ3) is 10.7. The molecule has 2 saturated heterocycles. The summed E-state index contributed by atoms with van der Waals surface area (Å²) in [6, 6.07) is 41.3. The van der Waals surface area contributed by atoms with Crippen molar-refractivity contribution < 1.29 is 38.2 Å². The zero-order chi connectivity index (χ0) is 44.7. The Morgan fingerprint density at radius 3 is 1.87 bits per heavy atom. The fourth-order valence-corrected chi connectivity index (χ4v) is 7.77. The quantitative estimate of drug-likeness (QED) is 0.0969. The van der Waals surface area contributed by atoms with Crippen LogP contribution in [0, 0.1) is 18.8 Å². The molecule has 11 heteroatoms. The first-order valence-corrected chi connectivity index (χ1v) is 21.2. The molecular weight excluding hydrogens is 795 g/mol. The molecule has 0 radical (unpaired) electrons. The molecule has 4 atom stereocenters. The standard InChI is InChI=1S/C33H34N2O5.C19H19NO3/c1-21-28(34-30(40-21)23-8-6-5-7-9-23)18-19-39-26-16-10-22(11-17-26)20-27-29(32(37)38)35(31(27)36)25-14-12-24(13-15-25)33(2,3)4;1-13(21)18-17(19(22)20-18)11-14-7-9-16(10-8-14)23-12-15-5-3-2-4-6-15/h5-17,27,29H,18-20H2,1-4H3,(H,37,38);2-10,17-18H,11-12H2,1H3,(H,20,22)/t27-,29-;17-,18+/m00/s1. The van der Waals surface area contributed by atoms with Gasteiger partial charge in [0.2, 0.25) is 17.7 Å². The minimum Gasteiger partial charge on any atom is -0.493 e. The van der Waals surface area contributed by atoms with Crippen LogP contribution in [0.4, 0.5) is 5.69 Å². The number of aromatic nitrogens is 1. The topological polar surface area (TPSA) is 148 Å². The van der Waals surface area contributed by atoms with E-state index < -0.39 is 17.9 Å². The van der Waals surface area contributed by atoms with Crippen molar-refractivity contribution in [2.45, 2.75) is 78.0 Å². The lowest BCUT2D eigenvalue weighted by Crippen LogP contribution is -2.65. The Morgan fingerprint density at radius 1 is 0.746 bits per heavy atom. The fraction of sp³-hybridized carbons (Fsp3) is 0.288. The summed E-state index contributed by atoms with van der Waals surface area (Å²) < 4.78 is 17.5. The number of benzene rings is 5. The van der Waals surface area contributed by atoms with Crippen LogP contribution in [-0.4, -0.2) is 52.3 Å². The van der Waals surface area contributed by atoms with Gasteiger partial charge in [-0.05, 0) is 103 Å². The SMILES string of the molecule is CC(=O)[C@H]1NC(=O)[C@H]1Cc1ccc(OCc2ccccc2)cc1.Cc1oc(-c2ccccc2)nc1CCOc1ccc(C[C@@H]2C(=O)N(c3ccc(C(C)(C)C)cc3)[C@@H]2C(=O)O)cc1. The molecule has 63 heavy (non-hydrogen) atoms. The molecule has 2 aliphatic heterocycles. The van der Waals surface area contributed by atoms with Gasteiger partial charge in [0.15, 0.2) is 5.78 Å². The highest BCUT2D eigenvalue weighted by Crippen LogP contribution is 2.36. The molecule has 6 aromatic rings. The number of hydrogen-bond donors (Lipinski definition) is 2. The predicted molar refractivity (Wildman–Crippen MR) is 241 cm³/mol. The van der Waals surface area contributed by atoms with Crippen LogP contribution in [0.3, 0.4) is 0 Å². The van der Waals surface area contributed by atoms with Crippen LogP contribution in [-0.2, 0) is 50.5 Å². The Hall–Kier alpha value is -7.01. The largest absolute Gasteiger partial charge is 0.493 e. The first kappa shape index (κ1) is 44.1. The van der Waals surface area contributed by atoms with Crippen molar-refractivity contribution in [3.05, 3.63) is 167 Å². The van der Waals surface area contributed by atoms with E-state index in [0.29, 0.717) is 49.8 Å². The number of nitrogens with one attached hydrogen (secondary N) is 1. The Labute approximate surface area is 368 Å². The Morgan fingerprint density at radius 2 is 1.32 bits per heavy atom. The van der Waals surface area contributed by atoms with Gasteiger partial charge in [0.25, 0.3) is 0 Å². The number of anilines is 1. The van der Waals surface area contributed by atoms with Crippen LogP contribution in [0.1, 0.15) is 61.4 Å². The van der Waals surface area contributed by atoms with Gasteiger partial charge < -0.3 is 24.3 Å². The monoisotopic (exact) mass is 847 g/mol. The Balaban J connectivity index is 0.000000219. The van der Waals surface area contributed by atoms with E-state index in [4.69, 9.17) is 13.9 Å².